The van der Waals surface area contributed by atoms with Gasteiger partial charge in [-0.15, -0.1) is 0 Å². The van der Waals surface area contributed by atoms with Crippen molar-refractivity contribution in [3.05, 3.63) is 23.0 Å². The molecule has 3 rings (SSSR count). The quantitative estimate of drug-likeness (QED) is 0.826. The summed E-state index contributed by atoms with van der Waals surface area (Å²) in [5.74, 6) is 1.66. The van der Waals surface area contributed by atoms with E-state index >= 15 is 0 Å². The van der Waals surface area contributed by atoms with Crippen LogP contribution >= 0.6 is 11.6 Å². The molecule has 1 aliphatic heterocycles. The Hall–Kier alpha value is -0.800. The first-order valence-corrected chi connectivity index (χ1v) is 6.40. The van der Waals surface area contributed by atoms with Crippen LogP contribution in [0.4, 0.5) is 0 Å². The van der Waals surface area contributed by atoms with Gasteiger partial charge in [0.1, 0.15) is 5.75 Å². The molecule has 2 aliphatic rings. The monoisotopic (exact) mass is 252 g/mol. The molecule has 2 atom stereocenters. The molecule has 0 radical (unpaired) electrons. The SMILES string of the molecule is Cc1ncc(Cl)cc1OCC12CC1CN(C)C2. The highest BCUT2D eigenvalue weighted by molar-refractivity contribution is 6.30. The fraction of sp³-hybridized carbons (Fsp3) is 0.615. The summed E-state index contributed by atoms with van der Waals surface area (Å²) < 4.78 is 5.92. The van der Waals surface area contributed by atoms with Gasteiger partial charge in [-0.3, -0.25) is 4.98 Å². The summed E-state index contributed by atoms with van der Waals surface area (Å²) in [7, 11) is 2.18. The fourth-order valence-electron chi connectivity index (χ4n) is 2.94. The average molecular weight is 253 g/mol. The van der Waals surface area contributed by atoms with Gasteiger partial charge in [-0.05, 0) is 26.3 Å². The number of hydrogen-bond acceptors (Lipinski definition) is 3. The van der Waals surface area contributed by atoms with Gasteiger partial charge in [-0.1, -0.05) is 11.6 Å². The number of ether oxygens (including phenoxy) is 1. The van der Waals surface area contributed by atoms with Crippen LogP contribution in [0.25, 0.3) is 0 Å². The predicted molar refractivity (Wildman–Crippen MR) is 67.5 cm³/mol. The number of piperidine rings is 1. The van der Waals surface area contributed by atoms with Gasteiger partial charge in [-0.2, -0.15) is 0 Å². The van der Waals surface area contributed by atoms with Gasteiger partial charge < -0.3 is 9.64 Å². The maximum atomic E-state index is 5.93. The van der Waals surface area contributed by atoms with E-state index in [-0.39, 0.29) is 0 Å². The summed E-state index contributed by atoms with van der Waals surface area (Å²) >= 11 is 5.93. The van der Waals surface area contributed by atoms with Crippen molar-refractivity contribution in [1.82, 2.24) is 9.88 Å². The normalized spacial score (nSPS) is 31.4. The van der Waals surface area contributed by atoms with Crippen molar-refractivity contribution in [2.45, 2.75) is 13.3 Å². The van der Waals surface area contributed by atoms with Crippen LogP contribution in [0.15, 0.2) is 12.3 Å². The third kappa shape index (κ3) is 2.02. The Morgan fingerprint density at radius 3 is 3.18 bits per heavy atom. The van der Waals surface area contributed by atoms with Gasteiger partial charge in [0.15, 0.2) is 0 Å². The minimum atomic E-state index is 0.406. The van der Waals surface area contributed by atoms with Crippen molar-refractivity contribution in [3.8, 4) is 5.75 Å². The molecule has 1 aliphatic carbocycles. The summed E-state index contributed by atoms with van der Waals surface area (Å²) in [6.07, 6.45) is 2.97. The van der Waals surface area contributed by atoms with Crippen LogP contribution in [0, 0.1) is 18.3 Å². The van der Waals surface area contributed by atoms with E-state index in [4.69, 9.17) is 16.3 Å². The van der Waals surface area contributed by atoms with E-state index in [9.17, 15) is 0 Å². The molecule has 3 nitrogen and oxygen atoms in total. The van der Waals surface area contributed by atoms with Gasteiger partial charge >= 0.3 is 0 Å². The van der Waals surface area contributed by atoms with Gasteiger partial charge in [0.05, 0.1) is 17.3 Å². The first kappa shape index (κ1) is 11.3. The summed E-state index contributed by atoms with van der Waals surface area (Å²) in [6, 6.07) is 1.86. The van der Waals surface area contributed by atoms with Crippen molar-refractivity contribution in [2.24, 2.45) is 11.3 Å². The predicted octanol–water partition coefficient (Wildman–Crippen LogP) is 2.37. The van der Waals surface area contributed by atoms with Crippen LogP contribution in [0.5, 0.6) is 5.75 Å². The Morgan fingerprint density at radius 1 is 1.65 bits per heavy atom. The van der Waals surface area contributed by atoms with Crippen LogP contribution in [0.1, 0.15) is 12.1 Å². The molecule has 1 saturated carbocycles. The number of halogens is 1. The zero-order valence-corrected chi connectivity index (χ0v) is 11.0. The molecule has 1 saturated heterocycles. The molecule has 4 heteroatoms. The Balaban J connectivity index is 1.67. The Morgan fingerprint density at radius 2 is 2.47 bits per heavy atom. The molecule has 2 heterocycles. The highest BCUT2D eigenvalue weighted by Gasteiger charge is 2.59. The number of pyridine rings is 1. The maximum Gasteiger partial charge on any atom is 0.141 e. The lowest BCUT2D eigenvalue weighted by Gasteiger charge is -2.17. The highest BCUT2D eigenvalue weighted by atomic mass is 35.5. The highest BCUT2D eigenvalue weighted by Crippen LogP contribution is 2.57. The Bertz CT molecular complexity index is 451. The number of fused-ring (bicyclic) bond motifs is 1. The van der Waals surface area contributed by atoms with E-state index in [1.807, 2.05) is 13.0 Å². The standard InChI is InChI=1S/C13H17ClN2O/c1-9-12(3-11(14)5-15-9)17-8-13-4-10(13)6-16(2)7-13/h3,5,10H,4,6-8H2,1-2H3. The summed E-state index contributed by atoms with van der Waals surface area (Å²) in [5.41, 5.74) is 1.32. The van der Waals surface area contributed by atoms with Gasteiger partial charge in [0.25, 0.3) is 0 Å². The molecule has 1 aromatic rings. The molecule has 0 aromatic carbocycles. The van der Waals surface area contributed by atoms with Gasteiger partial charge in [-0.25, -0.2) is 0 Å². The molecule has 17 heavy (non-hydrogen) atoms. The number of rotatable bonds is 3. The van der Waals surface area contributed by atoms with Crippen LogP contribution in [-0.2, 0) is 0 Å². The second-order valence-electron chi connectivity index (χ2n) is 5.49. The van der Waals surface area contributed by atoms with Crippen molar-refractivity contribution < 1.29 is 4.74 Å². The number of nitrogens with zero attached hydrogens (tertiary/aromatic N) is 2. The number of aromatic nitrogens is 1. The van der Waals surface area contributed by atoms with Gasteiger partial charge in [0, 0.05) is 30.8 Å². The molecule has 0 spiro atoms. The van der Waals surface area contributed by atoms with Crippen molar-refractivity contribution in [2.75, 3.05) is 26.7 Å². The zero-order chi connectivity index (χ0) is 12.0. The molecule has 2 unspecified atom stereocenters. The van der Waals surface area contributed by atoms with Crippen molar-refractivity contribution >= 4 is 11.6 Å². The summed E-state index contributed by atoms with van der Waals surface area (Å²) in [6.45, 7) is 5.13. The van der Waals surface area contributed by atoms with E-state index in [1.54, 1.807) is 6.20 Å². The fourth-order valence-corrected chi connectivity index (χ4v) is 3.09. The number of aryl methyl sites for hydroxylation is 1. The first-order chi connectivity index (χ1) is 8.09. The molecule has 0 amide bonds. The lowest BCUT2D eigenvalue weighted by molar-refractivity contribution is 0.214. The van der Waals surface area contributed by atoms with E-state index in [0.717, 1.165) is 30.5 Å². The molecular weight excluding hydrogens is 236 g/mol. The average Bonchev–Trinajstić information content (AvgIpc) is 2.83. The third-order valence-corrected chi connectivity index (χ3v) is 4.20. The molecule has 2 fully saturated rings. The van der Waals surface area contributed by atoms with E-state index in [2.05, 4.69) is 16.9 Å². The Kier molecular flexibility index (Phi) is 2.56. The van der Waals surface area contributed by atoms with Crippen LogP contribution in [0.3, 0.4) is 0 Å². The number of hydrogen-bond donors (Lipinski definition) is 0. The molecular formula is C13H17ClN2O. The number of likely N-dealkylation sites (tertiary alicyclic amines) is 1. The molecule has 0 bridgehead atoms. The second kappa shape index (κ2) is 3.85. The largest absolute Gasteiger partial charge is 0.491 e. The minimum absolute atomic E-state index is 0.406. The molecule has 92 valence electrons. The zero-order valence-electron chi connectivity index (χ0n) is 10.2. The molecule has 1 aromatic heterocycles. The summed E-state index contributed by atoms with van der Waals surface area (Å²) in [4.78, 5) is 6.60. The van der Waals surface area contributed by atoms with Crippen molar-refractivity contribution in [1.29, 1.82) is 0 Å². The maximum absolute atomic E-state index is 5.93. The summed E-state index contributed by atoms with van der Waals surface area (Å²) in [5, 5.41) is 0.638. The topological polar surface area (TPSA) is 25.4 Å². The first-order valence-electron chi connectivity index (χ1n) is 6.03. The Labute approximate surface area is 107 Å². The van der Waals surface area contributed by atoms with Crippen LogP contribution < -0.4 is 4.74 Å². The van der Waals surface area contributed by atoms with E-state index in [0.29, 0.717) is 10.4 Å². The van der Waals surface area contributed by atoms with Crippen LogP contribution in [-0.4, -0.2) is 36.6 Å². The third-order valence-electron chi connectivity index (χ3n) is 4.00. The van der Waals surface area contributed by atoms with E-state index in [1.165, 1.54) is 13.0 Å². The molecule has 0 N–H and O–H groups in total. The second-order valence-corrected chi connectivity index (χ2v) is 5.92. The van der Waals surface area contributed by atoms with Crippen LogP contribution in [0.2, 0.25) is 5.02 Å². The minimum Gasteiger partial charge on any atom is -0.491 e. The lowest BCUT2D eigenvalue weighted by atomic mass is 10.1. The van der Waals surface area contributed by atoms with E-state index < -0.39 is 0 Å². The van der Waals surface area contributed by atoms with Crippen molar-refractivity contribution in [3.63, 3.8) is 0 Å². The smallest absolute Gasteiger partial charge is 0.141 e. The lowest BCUT2D eigenvalue weighted by Crippen LogP contribution is -2.24. The van der Waals surface area contributed by atoms with Gasteiger partial charge in [0.2, 0.25) is 0 Å².